The predicted octanol–water partition coefficient (Wildman–Crippen LogP) is 2.63. The van der Waals surface area contributed by atoms with E-state index in [-0.39, 0.29) is 0 Å². The summed E-state index contributed by atoms with van der Waals surface area (Å²) in [6.07, 6.45) is -6.53. The third kappa shape index (κ3) is 0.980. The lowest BCUT2D eigenvalue weighted by atomic mass is 10.2. The maximum atomic E-state index is 12.0. The average molecular weight is 196 g/mol. The van der Waals surface area contributed by atoms with Crippen molar-refractivity contribution in [3.8, 4) is 0 Å². The Hall–Kier alpha value is -0.490. The molecule has 1 unspecified atom stereocenters. The summed E-state index contributed by atoms with van der Waals surface area (Å²) in [6.45, 7) is 0. The van der Waals surface area contributed by atoms with Gasteiger partial charge >= 0.3 is 11.8 Å². The van der Waals surface area contributed by atoms with Gasteiger partial charge in [0, 0.05) is 0 Å². The number of alkyl halides is 7. The van der Waals surface area contributed by atoms with Crippen molar-refractivity contribution < 1.29 is 30.7 Å². The summed E-state index contributed by atoms with van der Waals surface area (Å²) in [5.41, 5.74) is 0. The lowest BCUT2D eigenvalue weighted by Gasteiger charge is -2.18. The van der Waals surface area contributed by atoms with Crippen molar-refractivity contribution in [3.63, 3.8) is 0 Å². The average Bonchev–Trinajstić information content (AvgIpc) is 1.90. The monoisotopic (exact) mass is 196 g/mol. The largest absolute Gasteiger partial charge is 0.346 e. The van der Waals surface area contributed by atoms with Gasteiger partial charge in [-0.2, -0.15) is 17.6 Å². The van der Waals surface area contributed by atoms with E-state index in [9.17, 15) is 30.7 Å². The first-order valence-electron chi connectivity index (χ1n) is 2.89. The van der Waals surface area contributed by atoms with Crippen LogP contribution in [0.4, 0.5) is 30.7 Å². The van der Waals surface area contributed by atoms with Gasteiger partial charge in [-0.3, -0.25) is 0 Å². The third-order valence-corrected chi connectivity index (χ3v) is 1.63. The second-order valence-corrected chi connectivity index (χ2v) is 2.63. The van der Waals surface area contributed by atoms with Crippen LogP contribution in [0.3, 0.4) is 0 Å². The van der Waals surface area contributed by atoms with E-state index in [4.69, 9.17) is 0 Å². The smallest absolute Gasteiger partial charge is 0.234 e. The van der Waals surface area contributed by atoms with Crippen molar-refractivity contribution in [2.24, 2.45) is 0 Å². The molecule has 0 bridgehead atoms. The molecule has 1 aliphatic carbocycles. The maximum Gasteiger partial charge on any atom is 0.346 e. The van der Waals surface area contributed by atoms with Crippen LogP contribution in [0.25, 0.3) is 0 Å². The van der Waals surface area contributed by atoms with Crippen molar-refractivity contribution in [3.05, 3.63) is 0 Å². The van der Waals surface area contributed by atoms with E-state index in [1.165, 1.54) is 0 Å². The van der Waals surface area contributed by atoms with Gasteiger partial charge in [-0.15, -0.1) is 0 Å². The van der Waals surface area contributed by atoms with Crippen LogP contribution in [-0.4, -0.2) is 23.9 Å². The third-order valence-electron chi connectivity index (χ3n) is 1.63. The number of halogens is 7. The summed E-state index contributed by atoms with van der Waals surface area (Å²) in [5, 5.41) is 0. The van der Waals surface area contributed by atoms with Crippen LogP contribution in [0.1, 0.15) is 6.42 Å². The molecule has 0 radical (unpaired) electrons. The first-order chi connectivity index (χ1) is 5.11. The predicted molar refractivity (Wildman–Crippen MR) is 24.4 cm³/mol. The second-order valence-electron chi connectivity index (χ2n) is 2.63. The molecule has 0 N–H and O–H groups in total. The first kappa shape index (κ1) is 9.60. The molecule has 12 heavy (non-hydrogen) atoms. The fourth-order valence-electron chi connectivity index (χ4n) is 0.954. The minimum Gasteiger partial charge on any atom is -0.234 e. The van der Waals surface area contributed by atoms with Crippen LogP contribution in [0.5, 0.6) is 0 Å². The van der Waals surface area contributed by atoms with Crippen LogP contribution < -0.4 is 0 Å². The van der Waals surface area contributed by atoms with E-state index in [1.54, 1.807) is 0 Å². The van der Waals surface area contributed by atoms with E-state index >= 15 is 0 Å². The van der Waals surface area contributed by atoms with E-state index in [0.29, 0.717) is 0 Å². The molecule has 0 aromatic carbocycles. The van der Waals surface area contributed by atoms with Crippen LogP contribution in [0.15, 0.2) is 0 Å². The molecule has 7 heteroatoms. The van der Waals surface area contributed by atoms with Crippen LogP contribution >= 0.6 is 0 Å². The molecule has 0 nitrogen and oxygen atoms in total. The number of hydrogen-bond donors (Lipinski definition) is 0. The normalized spacial score (nSPS) is 36.8. The summed E-state index contributed by atoms with van der Waals surface area (Å²) < 4.78 is 84.0. The van der Waals surface area contributed by atoms with Crippen molar-refractivity contribution in [1.82, 2.24) is 0 Å². The lowest BCUT2D eigenvalue weighted by Crippen LogP contribution is -2.42. The SMILES string of the molecule is FC1C(F)(F)CC(F)(F)C1(F)F. The Morgan fingerprint density at radius 1 is 0.917 bits per heavy atom. The Bertz CT molecular complexity index is 196. The van der Waals surface area contributed by atoms with Crippen LogP contribution in [-0.2, 0) is 0 Å². The standard InChI is InChI=1S/C5H3F7/c6-2-3(7,8)1-4(9,10)5(2,11)12/h2H,1H2. The molecule has 1 aliphatic rings. The van der Waals surface area contributed by atoms with Gasteiger partial charge in [0.15, 0.2) is 0 Å². The highest BCUT2D eigenvalue weighted by molar-refractivity contribution is 5.07. The molecule has 0 aromatic rings. The van der Waals surface area contributed by atoms with E-state index in [2.05, 4.69) is 0 Å². The molecular weight excluding hydrogens is 193 g/mol. The van der Waals surface area contributed by atoms with Crippen LogP contribution in [0, 0.1) is 0 Å². The highest BCUT2D eigenvalue weighted by Crippen LogP contribution is 2.55. The number of rotatable bonds is 0. The van der Waals surface area contributed by atoms with Gasteiger partial charge < -0.3 is 0 Å². The quantitative estimate of drug-likeness (QED) is 0.522. The summed E-state index contributed by atoms with van der Waals surface area (Å²) in [6, 6.07) is 0. The second kappa shape index (κ2) is 2.05. The van der Waals surface area contributed by atoms with Gasteiger partial charge in [-0.05, 0) is 0 Å². The lowest BCUT2D eigenvalue weighted by molar-refractivity contribution is -0.211. The van der Waals surface area contributed by atoms with Crippen LogP contribution in [0.2, 0.25) is 0 Å². The zero-order chi connectivity index (χ0) is 9.78. The minimum atomic E-state index is -5.27. The van der Waals surface area contributed by atoms with E-state index in [1.807, 2.05) is 0 Å². The van der Waals surface area contributed by atoms with Gasteiger partial charge in [-0.1, -0.05) is 0 Å². The Kier molecular flexibility index (Phi) is 1.64. The van der Waals surface area contributed by atoms with Gasteiger partial charge in [0.05, 0.1) is 6.42 Å². The summed E-state index contributed by atoms with van der Waals surface area (Å²) >= 11 is 0. The van der Waals surface area contributed by atoms with Gasteiger partial charge in [-0.25, -0.2) is 13.2 Å². The fraction of sp³-hybridized carbons (Fsp3) is 1.00. The Balaban J connectivity index is 3.05. The van der Waals surface area contributed by atoms with Gasteiger partial charge in [0.25, 0.3) is 5.92 Å². The minimum absolute atomic E-state index is 2.44. The van der Waals surface area contributed by atoms with Gasteiger partial charge in [0.1, 0.15) is 0 Å². The molecule has 1 fully saturated rings. The molecule has 0 heterocycles. The Morgan fingerprint density at radius 3 is 1.42 bits per heavy atom. The first-order valence-corrected chi connectivity index (χ1v) is 2.89. The van der Waals surface area contributed by atoms with Crippen molar-refractivity contribution in [2.75, 3.05) is 0 Å². The zero-order valence-electron chi connectivity index (χ0n) is 5.43. The summed E-state index contributed by atoms with van der Waals surface area (Å²) in [5.74, 6) is -14.9. The van der Waals surface area contributed by atoms with Crippen molar-refractivity contribution in [1.29, 1.82) is 0 Å². The highest BCUT2D eigenvalue weighted by Gasteiger charge is 2.78. The molecular formula is C5H3F7. The van der Waals surface area contributed by atoms with E-state index in [0.717, 1.165) is 0 Å². The molecule has 72 valence electrons. The zero-order valence-corrected chi connectivity index (χ0v) is 5.43. The topological polar surface area (TPSA) is 0 Å². The molecule has 0 saturated heterocycles. The molecule has 0 aliphatic heterocycles. The fourth-order valence-corrected chi connectivity index (χ4v) is 0.954. The summed E-state index contributed by atoms with van der Waals surface area (Å²) in [4.78, 5) is 0. The van der Waals surface area contributed by atoms with Crippen molar-refractivity contribution in [2.45, 2.75) is 30.4 Å². The molecule has 0 spiro atoms. The molecule has 0 amide bonds. The van der Waals surface area contributed by atoms with E-state index < -0.39 is 30.4 Å². The Morgan fingerprint density at radius 2 is 1.33 bits per heavy atom. The van der Waals surface area contributed by atoms with Crippen molar-refractivity contribution >= 4 is 0 Å². The molecule has 1 saturated carbocycles. The molecule has 1 rings (SSSR count). The molecule has 0 aromatic heterocycles. The number of hydrogen-bond acceptors (Lipinski definition) is 0. The Labute approximate surface area is 62.4 Å². The maximum absolute atomic E-state index is 12.0. The molecule has 1 atom stereocenters. The highest BCUT2D eigenvalue weighted by atomic mass is 19.3. The van der Waals surface area contributed by atoms with Gasteiger partial charge in [0.2, 0.25) is 6.17 Å². The summed E-state index contributed by atoms with van der Waals surface area (Å²) in [7, 11) is 0.